The number of H-pyrrole nitrogens is 1. The number of nitrogens with zero attached hydrogens (tertiary/aromatic N) is 2. The van der Waals surface area contributed by atoms with Crippen LogP contribution in [-0.2, 0) is 19.6 Å². The average molecular weight is 262 g/mol. The van der Waals surface area contributed by atoms with E-state index in [0.29, 0.717) is 0 Å². The van der Waals surface area contributed by atoms with Crippen LogP contribution in [0.1, 0.15) is 13.8 Å². The van der Waals surface area contributed by atoms with Crippen molar-refractivity contribution in [2.45, 2.75) is 25.0 Å². The lowest BCUT2D eigenvalue weighted by Crippen LogP contribution is -2.45. The maximum absolute atomic E-state index is 11.8. The molecule has 0 aromatic carbocycles. The van der Waals surface area contributed by atoms with Gasteiger partial charge < -0.3 is 4.74 Å². The van der Waals surface area contributed by atoms with Gasteiger partial charge in [0.2, 0.25) is 0 Å². The Kier molecular flexibility index (Phi) is 4.18. The molecule has 8 nitrogen and oxygen atoms in total. The van der Waals surface area contributed by atoms with Crippen LogP contribution in [-0.4, -0.2) is 42.7 Å². The molecular weight excluding hydrogens is 248 g/mol. The highest BCUT2D eigenvalue weighted by Crippen LogP contribution is 2.08. The van der Waals surface area contributed by atoms with Crippen molar-refractivity contribution >= 4 is 16.0 Å². The van der Waals surface area contributed by atoms with Crippen LogP contribution >= 0.6 is 0 Å². The van der Waals surface area contributed by atoms with Gasteiger partial charge in [0.15, 0.2) is 0 Å². The molecule has 0 aliphatic carbocycles. The predicted molar refractivity (Wildman–Crippen MR) is 57.3 cm³/mol. The number of esters is 1. The molecule has 0 saturated carbocycles. The minimum Gasteiger partial charge on any atom is -0.468 e. The Balaban J connectivity index is 2.92. The van der Waals surface area contributed by atoms with Crippen LogP contribution in [0.25, 0.3) is 0 Å². The molecule has 1 heterocycles. The fourth-order valence-electron chi connectivity index (χ4n) is 1.13. The van der Waals surface area contributed by atoms with Crippen LogP contribution in [0.4, 0.5) is 0 Å². The molecular formula is C8H14N4O4S. The van der Waals surface area contributed by atoms with Crippen molar-refractivity contribution < 1.29 is 17.9 Å². The molecule has 1 aromatic heterocycles. The van der Waals surface area contributed by atoms with Gasteiger partial charge in [0.25, 0.3) is 15.2 Å². The van der Waals surface area contributed by atoms with Gasteiger partial charge in [-0.2, -0.15) is 9.82 Å². The molecule has 17 heavy (non-hydrogen) atoms. The van der Waals surface area contributed by atoms with Crippen molar-refractivity contribution in [1.82, 2.24) is 19.9 Å². The van der Waals surface area contributed by atoms with Gasteiger partial charge in [-0.15, -0.1) is 0 Å². The number of aromatic amines is 1. The van der Waals surface area contributed by atoms with Crippen molar-refractivity contribution in [3.05, 3.63) is 6.33 Å². The molecule has 0 spiro atoms. The van der Waals surface area contributed by atoms with Crippen molar-refractivity contribution in [2.75, 3.05) is 7.11 Å². The molecule has 0 radical (unpaired) electrons. The first kappa shape index (κ1) is 13.6. The van der Waals surface area contributed by atoms with Crippen molar-refractivity contribution in [3.8, 4) is 0 Å². The van der Waals surface area contributed by atoms with Crippen molar-refractivity contribution in [3.63, 3.8) is 0 Å². The fraction of sp³-hybridized carbons (Fsp3) is 0.625. The summed E-state index contributed by atoms with van der Waals surface area (Å²) in [5, 5.41) is 5.31. The first-order valence-corrected chi connectivity index (χ1v) is 6.32. The molecule has 0 amide bonds. The van der Waals surface area contributed by atoms with Crippen LogP contribution in [0.15, 0.2) is 11.5 Å². The van der Waals surface area contributed by atoms with E-state index in [-0.39, 0.29) is 11.1 Å². The smallest absolute Gasteiger partial charge is 0.324 e. The maximum Gasteiger partial charge on any atom is 0.324 e. The molecule has 0 aliphatic rings. The van der Waals surface area contributed by atoms with Crippen molar-refractivity contribution in [1.29, 1.82) is 0 Å². The van der Waals surface area contributed by atoms with Gasteiger partial charge in [-0.25, -0.2) is 18.5 Å². The van der Waals surface area contributed by atoms with E-state index in [1.807, 2.05) is 0 Å². The lowest BCUT2D eigenvalue weighted by Gasteiger charge is -2.18. The summed E-state index contributed by atoms with van der Waals surface area (Å²) in [5.41, 5.74) is 0. The van der Waals surface area contributed by atoms with Crippen LogP contribution in [0.2, 0.25) is 0 Å². The third-order valence-electron chi connectivity index (χ3n) is 2.05. The summed E-state index contributed by atoms with van der Waals surface area (Å²) in [7, 11) is -2.70. The van der Waals surface area contributed by atoms with Gasteiger partial charge in [-0.1, -0.05) is 13.8 Å². The zero-order chi connectivity index (χ0) is 13.1. The second kappa shape index (κ2) is 5.23. The van der Waals surface area contributed by atoms with E-state index in [9.17, 15) is 13.2 Å². The summed E-state index contributed by atoms with van der Waals surface area (Å²) in [5.74, 6) is -0.900. The second-order valence-electron chi connectivity index (χ2n) is 3.66. The molecule has 0 unspecified atom stereocenters. The monoisotopic (exact) mass is 262 g/mol. The number of rotatable bonds is 5. The Labute approximate surface area is 98.8 Å². The number of aromatic nitrogens is 3. The Bertz CT molecular complexity index is 468. The highest BCUT2D eigenvalue weighted by molar-refractivity contribution is 7.89. The summed E-state index contributed by atoms with van der Waals surface area (Å²) < 4.78 is 30.3. The van der Waals surface area contributed by atoms with Gasteiger partial charge in [0, 0.05) is 0 Å². The highest BCUT2D eigenvalue weighted by Gasteiger charge is 2.30. The Morgan fingerprint density at radius 3 is 2.59 bits per heavy atom. The molecule has 1 aromatic rings. The SMILES string of the molecule is COC(=O)[C@@H](NS(=O)(=O)c1ncn[nH]1)C(C)C. The molecule has 0 saturated heterocycles. The van der Waals surface area contributed by atoms with E-state index in [1.54, 1.807) is 13.8 Å². The van der Waals surface area contributed by atoms with Gasteiger partial charge in [0.1, 0.15) is 12.4 Å². The summed E-state index contributed by atoms with van der Waals surface area (Å²) >= 11 is 0. The average Bonchev–Trinajstić information content (AvgIpc) is 2.78. The van der Waals surface area contributed by atoms with Crippen LogP contribution < -0.4 is 4.72 Å². The topological polar surface area (TPSA) is 114 Å². The molecule has 1 atom stereocenters. The number of carbonyl (C=O) groups is 1. The zero-order valence-electron chi connectivity index (χ0n) is 9.67. The maximum atomic E-state index is 11.8. The van der Waals surface area contributed by atoms with Crippen LogP contribution in [0.5, 0.6) is 0 Å². The quantitative estimate of drug-likeness (QED) is 0.677. The number of sulfonamides is 1. The minimum absolute atomic E-state index is 0.250. The summed E-state index contributed by atoms with van der Waals surface area (Å²) in [6, 6.07) is -0.963. The summed E-state index contributed by atoms with van der Waals surface area (Å²) in [6.45, 7) is 3.40. The summed E-state index contributed by atoms with van der Waals surface area (Å²) in [6.07, 6.45) is 1.07. The van der Waals surface area contributed by atoms with Crippen LogP contribution in [0.3, 0.4) is 0 Å². The predicted octanol–water partition coefficient (Wildman–Crippen LogP) is -0.719. The largest absolute Gasteiger partial charge is 0.468 e. The zero-order valence-corrected chi connectivity index (χ0v) is 10.5. The fourth-order valence-corrected chi connectivity index (χ4v) is 2.30. The molecule has 2 N–H and O–H groups in total. The molecule has 96 valence electrons. The molecule has 0 aliphatic heterocycles. The molecule has 0 fully saturated rings. The van der Waals surface area contributed by atoms with E-state index < -0.39 is 22.0 Å². The van der Waals surface area contributed by atoms with Gasteiger partial charge in [0.05, 0.1) is 7.11 Å². The van der Waals surface area contributed by atoms with Crippen molar-refractivity contribution in [2.24, 2.45) is 5.92 Å². The second-order valence-corrected chi connectivity index (χ2v) is 5.29. The van der Waals surface area contributed by atoms with Crippen LogP contribution in [0, 0.1) is 5.92 Å². The first-order chi connectivity index (χ1) is 7.88. The number of hydrogen-bond donors (Lipinski definition) is 2. The number of methoxy groups -OCH3 is 1. The summed E-state index contributed by atoms with van der Waals surface area (Å²) in [4.78, 5) is 14.9. The third kappa shape index (κ3) is 3.24. The first-order valence-electron chi connectivity index (χ1n) is 4.84. The van der Waals surface area contributed by atoms with Gasteiger partial charge in [-0.3, -0.25) is 4.79 Å². The highest BCUT2D eigenvalue weighted by atomic mass is 32.2. The van der Waals surface area contributed by atoms with E-state index in [4.69, 9.17) is 0 Å². The Hall–Kier alpha value is -1.48. The Morgan fingerprint density at radius 2 is 2.18 bits per heavy atom. The third-order valence-corrected chi connectivity index (χ3v) is 3.32. The van der Waals surface area contributed by atoms with E-state index in [1.165, 1.54) is 7.11 Å². The van der Waals surface area contributed by atoms with E-state index in [2.05, 4.69) is 24.6 Å². The number of hydrogen-bond acceptors (Lipinski definition) is 6. The van der Waals surface area contributed by atoms with E-state index >= 15 is 0 Å². The minimum atomic E-state index is -3.90. The van der Waals surface area contributed by atoms with E-state index in [0.717, 1.165) is 6.33 Å². The number of carbonyl (C=O) groups excluding carboxylic acids is 1. The number of nitrogens with one attached hydrogen (secondary N) is 2. The van der Waals surface area contributed by atoms with Gasteiger partial charge in [-0.05, 0) is 5.92 Å². The standard InChI is InChI=1S/C8H14N4O4S/c1-5(2)6(7(13)16-3)12-17(14,15)8-9-4-10-11-8/h4-6,12H,1-3H3,(H,9,10,11)/t6-/m0/s1. The van der Waals surface area contributed by atoms with Gasteiger partial charge >= 0.3 is 5.97 Å². The lowest BCUT2D eigenvalue weighted by atomic mass is 10.1. The number of ether oxygens (including phenoxy) is 1. The molecule has 1 rings (SSSR count). The Morgan fingerprint density at radius 1 is 1.53 bits per heavy atom. The molecule has 0 bridgehead atoms. The molecule has 9 heteroatoms. The normalized spacial score (nSPS) is 13.6. The lowest BCUT2D eigenvalue weighted by molar-refractivity contribution is -0.143.